The van der Waals surface area contributed by atoms with E-state index < -0.39 is 29.4 Å². The number of benzene rings is 1. The molecule has 0 aromatic heterocycles. The molecule has 0 fully saturated rings. The van der Waals surface area contributed by atoms with Gasteiger partial charge in [0.05, 0.1) is 11.3 Å². The number of hydrogen-bond donors (Lipinski definition) is 2. The molecule has 26 heavy (non-hydrogen) atoms. The highest BCUT2D eigenvalue weighted by Crippen LogP contribution is 2.28. The Labute approximate surface area is 152 Å². The summed E-state index contributed by atoms with van der Waals surface area (Å²) in [5.41, 5.74) is -1.33. The molecular weight excluding hydrogens is 342 g/mol. The minimum atomic E-state index is -1.25. The number of anilines is 1. The molecule has 2 N–H and O–H groups in total. The highest BCUT2D eigenvalue weighted by Gasteiger charge is 2.23. The Kier molecular flexibility index (Phi) is 6.25. The lowest BCUT2D eigenvalue weighted by Crippen LogP contribution is -2.28. The third kappa shape index (κ3) is 7.00. The third-order valence-corrected chi connectivity index (χ3v) is 2.76. The third-order valence-electron chi connectivity index (χ3n) is 2.76. The van der Waals surface area contributed by atoms with E-state index in [0.29, 0.717) is 5.56 Å². The molecule has 1 rings (SSSR count). The Morgan fingerprint density at radius 1 is 0.962 bits per heavy atom. The average Bonchev–Trinajstić information content (AvgIpc) is 2.37. The van der Waals surface area contributed by atoms with Gasteiger partial charge in [-0.25, -0.2) is 14.4 Å². The van der Waals surface area contributed by atoms with Gasteiger partial charge in [-0.15, -0.1) is 0 Å². The zero-order valence-electron chi connectivity index (χ0n) is 16.1. The van der Waals surface area contributed by atoms with E-state index in [4.69, 9.17) is 14.2 Å². The summed E-state index contributed by atoms with van der Waals surface area (Å²) in [4.78, 5) is 35.2. The number of carboxylic acids is 1. The van der Waals surface area contributed by atoms with Crippen molar-refractivity contribution in [2.24, 2.45) is 0 Å². The van der Waals surface area contributed by atoms with Crippen molar-refractivity contribution in [2.45, 2.75) is 59.7 Å². The summed E-state index contributed by atoms with van der Waals surface area (Å²) in [6.07, 6.45) is -1.76. The van der Waals surface area contributed by atoms with Crippen LogP contribution in [0.1, 0.15) is 57.5 Å². The van der Waals surface area contributed by atoms with E-state index in [-0.39, 0.29) is 17.0 Å². The van der Waals surface area contributed by atoms with E-state index in [0.717, 1.165) is 0 Å². The Morgan fingerprint density at radius 3 is 1.96 bits per heavy atom. The van der Waals surface area contributed by atoms with Crippen molar-refractivity contribution in [3.05, 3.63) is 23.3 Å². The SMILES string of the molecule is Cc1cc(C(=O)O)c(NC(=O)OC(C)(C)C)cc1OC(=O)OC(C)(C)C. The molecule has 0 aliphatic rings. The molecule has 1 amide bonds. The van der Waals surface area contributed by atoms with E-state index in [1.54, 1.807) is 48.5 Å². The number of rotatable bonds is 3. The van der Waals surface area contributed by atoms with Crippen molar-refractivity contribution in [2.75, 3.05) is 5.32 Å². The van der Waals surface area contributed by atoms with Gasteiger partial charge in [-0.2, -0.15) is 0 Å². The van der Waals surface area contributed by atoms with E-state index in [1.165, 1.54) is 12.1 Å². The fourth-order valence-corrected chi connectivity index (χ4v) is 1.85. The van der Waals surface area contributed by atoms with Crippen LogP contribution in [-0.2, 0) is 9.47 Å². The first-order chi connectivity index (χ1) is 11.7. The Bertz CT molecular complexity index is 711. The van der Waals surface area contributed by atoms with Crippen LogP contribution in [-0.4, -0.2) is 34.5 Å². The molecule has 0 atom stereocenters. The molecule has 0 heterocycles. The second-order valence-electron chi connectivity index (χ2n) is 7.66. The Balaban J connectivity index is 3.13. The molecule has 8 heteroatoms. The van der Waals surface area contributed by atoms with Crippen LogP contribution in [0.15, 0.2) is 12.1 Å². The number of carbonyl (C=O) groups excluding carboxylic acids is 2. The van der Waals surface area contributed by atoms with Crippen molar-refractivity contribution in [1.82, 2.24) is 0 Å². The van der Waals surface area contributed by atoms with E-state index >= 15 is 0 Å². The molecule has 8 nitrogen and oxygen atoms in total. The van der Waals surface area contributed by atoms with Crippen LogP contribution in [0.25, 0.3) is 0 Å². The second kappa shape index (κ2) is 7.63. The summed E-state index contributed by atoms with van der Waals surface area (Å²) in [5, 5.41) is 11.7. The Hall–Kier alpha value is -2.77. The average molecular weight is 367 g/mol. The predicted molar refractivity (Wildman–Crippen MR) is 94.9 cm³/mol. The largest absolute Gasteiger partial charge is 0.514 e. The van der Waals surface area contributed by atoms with Gasteiger partial charge in [0.2, 0.25) is 0 Å². The first-order valence-corrected chi connectivity index (χ1v) is 7.97. The molecule has 144 valence electrons. The lowest BCUT2D eigenvalue weighted by atomic mass is 10.1. The van der Waals surface area contributed by atoms with Gasteiger partial charge in [0, 0.05) is 6.07 Å². The van der Waals surface area contributed by atoms with Gasteiger partial charge in [-0.1, -0.05) is 0 Å². The van der Waals surface area contributed by atoms with Gasteiger partial charge in [-0.05, 0) is 60.1 Å². The van der Waals surface area contributed by atoms with Crippen molar-refractivity contribution in [3.8, 4) is 5.75 Å². The number of carboxylic acid groups (broad SMARTS) is 1. The molecule has 0 saturated carbocycles. The fourth-order valence-electron chi connectivity index (χ4n) is 1.85. The topological polar surface area (TPSA) is 111 Å². The summed E-state index contributed by atoms with van der Waals surface area (Å²) >= 11 is 0. The van der Waals surface area contributed by atoms with Crippen molar-refractivity contribution in [3.63, 3.8) is 0 Å². The summed E-state index contributed by atoms with van der Waals surface area (Å²) in [6.45, 7) is 11.7. The molecule has 0 aliphatic heterocycles. The molecule has 1 aromatic carbocycles. The molecule has 1 aromatic rings. The maximum absolute atomic E-state index is 12.0. The van der Waals surface area contributed by atoms with Crippen LogP contribution < -0.4 is 10.1 Å². The second-order valence-corrected chi connectivity index (χ2v) is 7.66. The zero-order chi connectivity index (χ0) is 20.3. The quantitative estimate of drug-likeness (QED) is 0.603. The standard InChI is InChI=1S/C18H25NO7/c1-10-8-11(14(20)21)12(19-15(22)25-17(2,3)4)9-13(10)24-16(23)26-18(5,6)7/h8-9H,1-7H3,(H,19,22)(H,20,21). The van der Waals surface area contributed by atoms with Gasteiger partial charge < -0.3 is 19.3 Å². The lowest BCUT2D eigenvalue weighted by molar-refractivity contribution is 0.0204. The number of ether oxygens (including phenoxy) is 3. The first kappa shape index (κ1) is 21.3. The summed E-state index contributed by atoms with van der Waals surface area (Å²) in [7, 11) is 0. The first-order valence-electron chi connectivity index (χ1n) is 7.97. The highest BCUT2D eigenvalue weighted by molar-refractivity contribution is 5.99. The predicted octanol–water partition coefficient (Wildman–Crippen LogP) is 4.35. The molecule has 0 unspecified atom stereocenters. The summed E-state index contributed by atoms with van der Waals surface area (Å²) in [6, 6.07) is 2.53. The van der Waals surface area contributed by atoms with Crippen LogP contribution in [0.5, 0.6) is 5.75 Å². The number of aryl methyl sites for hydroxylation is 1. The Morgan fingerprint density at radius 2 is 1.50 bits per heavy atom. The van der Waals surface area contributed by atoms with Gasteiger partial charge in [-0.3, -0.25) is 5.32 Å². The number of amides is 1. The summed E-state index contributed by atoms with van der Waals surface area (Å²) in [5.74, 6) is -1.18. The van der Waals surface area contributed by atoms with Crippen molar-refractivity contribution in [1.29, 1.82) is 0 Å². The van der Waals surface area contributed by atoms with Crippen molar-refractivity contribution >= 4 is 23.9 Å². The molecule has 0 radical (unpaired) electrons. The van der Waals surface area contributed by atoms with Gasteiger partial charge >= 0.3 is 18.2 Å². The van der Waals surface area contributed by atoms with E-state index in [9.17, 15) is 19.5 Å². The normalized spacial score (nSPS) is 11.5. The molecule has 0 spiro atoms. The van der Waals surface area contributed by atoms with Crippen LogP contribution in [0, 0.1) is 6.92 Å². The highest BCUT2D eigenvalue weighted by atomic mass is 16.7. The number of nitrogens with one attached hydrogen (secondary N) is 1. The number of aromatic carboxylic acids is 1. The molecule has 0 aliphatic carbocycles. The maximum atomic E-state index is 12.0. The molecule has 0 saturated heterocycles. The lowest BCUT2D eigenvalue weighted by Gasteiger charge is -2.21. The monoisotopic (exact) mass is 367 g/mol. The fraction of sp³-hybridized carbons (Fsp3) is 0.500. The zero-order valence-corrected chi connectivity index (χ0v) is 16.1. The number of hydrogen-bond acceptors (Lipinski definition) is 6. The summed E-state index contributed by atoms with van der Waals surface area (Å²) < 4.78 is 15.3. The van der Waals surface area contributed by atoms with Crippen LogP contribution in [0.4, 0.5) is 15.3 Å². The maximum Gasteiger partial charge on any atom is 0.514 e. The van der Waals surface area contributed by atoms with Crippen LogP contribution >= 0.6 is 0 Å². The van der Waals surface area contributed by atoms with Gasteiger partial charge in [0.1, 0.15) is 17.0 Å². The van der Waals surface area contributed by atoms with Gasteiger partial charge in [0.25, 0.3) is 0 Å². The number of carbonyl (C=O) groups is 3. The van der Waals surface area contributed by atoms with Gasteiger partial charge in [0.15, 0.2) is 0 Å². The minimum absolute atomic E-state index is 0.0593. The van der Waals surface area contributed by atoms with Crippen molar-refractivity contribution < 1.29 is 33.7 Å². The van der Waals surface area contributed by atoms with Crippen LogP contribution in [0.3, 0.4) is 0 Å². The smallest absolute Gasteiger partial charge is 0.478 e. The van der Waals surface area contributed by atoms with E-state index in [1.807, 2.05) is 0 Å². The van der Waals surface area contributed by atoms with E-state index in [2.05, 4.69) is 5.32 Å². The van der Waals surface area contributed by atoms with Crippen LogP contribution in [0.2, 0.25) is 0 Å². The minimum Gasteiger partial charge on any atom is -0.478 e. The molecule has 0 bridgehead atoms. The molecular formula is C18H25NO7.